The molecular weight excluding hydrogens is 222 g/mol. The smallest absolute Gasteiger partial charge is 0.341 e. The van der Waals surface area contributed by atoms with Crippen LogP contribution in [0.5, 0.6) is 0 Å². The molecule has 0 saturated carbocycles. The minimum Gasteiger partial charge on any atom is -0.477 e. The van der Waals surface area contributed by atoms with Crippen molar-refractivity contribution in [2.75, 3.05) is 0 Å². The Balaban J connectivity index is 2.69. The number of nitrogens with zero attached hydrogens (tertiary/aromatic N) is 3. The largest absolute Gasteiger partial charge is 0.477 e. The molecule has 0 atom stereocenters. The molecule has 17 heavy (non-hydrogen) atoms. The Hall–Kier alpha value is -2.37. The van der Waals surface area contributed by atoms with Crippen molar-refractivity contribution < 1.29 is 9.90 Å². The number of carboxylic acid groups (broad SMARTS) is 1. The third-order valence-electron chi connectivity index (χ3n) is 2.46. The van der Waals surface area contributed by atoms with Crippen LogP contribution in [0.4, 0.5) is 0 Å². The van der Waals surface area contributed by atoms with Gasteiger partial charge in [0.05, 0.1) is 0 Å². The number of carbonyl (C=O) groups is 1. The first kappa shape index (κ1) is 11.1. The lowest BCUT2D eigenvalue weighted by atomic mass is 10.1. The Morgan fingerprint density at radius 2 is 2.06 bits per heavy atom. The molecule has 2 rings (SSSR count). The lowest BCUT2D eigenvalue weighted by molar-refractivity contribution is 0.0694. The van der Waals surface area contributed by atoms with Gasteiger partial charge in [0.1, 0.15) is 5.56 Å². The molecule has 0 unspecified atom stereocenters. The normalized spacial score (nSPS) is 10.5. The topological polar surface area (TPSA) is 77.1 Å². The molecule has 2 aromatic rings. The quantitative estimate of drug-likeness (QED) is 0.823. The predicted molar refractivity (Wildman–Crippen MR) is 60.5 cm³/mol. The Kier molecular flexibility index (Phi) is 2.55. The first-order valence-corrected chi connectivity index (χ1v) is 4.96. The van der Waals surface area contributed by atoms with E-state index in [2.05, 4.69) is 5.10 Å². The number of hydrogen-bond acceptors (Lipinski definition) is 3. The van der Waals surface area contributed by atoms with Crippen molar-refractivity contribution in [2.24, 2.45) is 7.05 Å². The molecule has 0 aliphatic carbocycles. The van der Waals surface area contributed by atoms with Gasteiger partial charge in [-0.3, -0.25) is 14.0 Å². The highest BCUT2D eigenvalue weighted by Crippen LogP contribution is 2.06. The van der Waals surface area contributed by atoms with Gasteiger partial charge in [-0.15, -0.1) is 0 Å². The van der Waals surface area contributed by atoms with Gasteiger partial charge in [-0.05, 0) is 18.6 Å². The van der Waals surface area contributed by atoms with Crippen molar-refractivity contribution in [3.8, 4) is 5.82 Å². The fourth-order valence-electron chi connectivity index (χ4n) is 1.60. The summed E-state index contributed by atoms with van der Waals surface area (Å²) in [6.07, 6.45) is 3.20. The van der Waals surface area contributed by atoms with E-state index in [0.29, 0.717) is 11.4 Å². The maximum atomic E-state index is 12.0. The second-order valence-corrected chi connectivity index (χ2v) is 3.70. The van der Waals surface area contributed by atoms with Gasteiger partial charge in [0, 0.05) is 25.5 Å². The van der Waals surface area contributed by atoms with Gasteiger partial charge < -0.3 is 5.11 Å². The summed E-state index contributed by atoms with van der Waals surface area (Å²) in [7, 11) is 1.72. The highest BCUT2D eigenvalue weighted by molar-refractivity contribution is 5.88. The highest BCUT2D eigenvalue weighted by Gasteiger charge is 2.15. The van der Waals surface area contributed by atoms with Gasteiger partial charge in [-0.25, -0.2) is 4.79 Å². The Morgan fingerprint density at radius 3 is 2.59 bits per heavy atom. The van der Waals surface area contributed by atoms with Crippen LogP contribution in [-0.4, -0.2) is 25.4 Å². The minimum absolute atomic E-state index is 0.224. The summed E-state index contributed by atoms with van der Waals surface area (Å²) < 4.78 is 2.76. The molecule has 6 heteroatoms. The molecule has 0 bridgehead atoms. The maximum absolute atomic E-state index is 12.0. The van der Waals surface area contributed by atoms with E-state index in [9.17, 15) is 9.59 Å². The Bertz CT molecular complexity index is 640. The van der Waals surface area contributed by atoms with Gasteiger partial charge in [0.15, 0.2) is 5.82 Å². The summed E-state index contributed by atoms with van der Waals surface area (Å²) in [5.41, 5.74) is -0.357. The maximum Gasteiger partial charge on any atom is 0.341 e. The number of aryl methyl sites for hydroxylation is 2. The standard InChI is InChI=1S/C11H11N3O3/c1-7-3-6-14(8-4-5-13(2)12-8)10(15)9(7)11(16)17/h3-6H,1-2H3,(H,16,17). The second-order valence-electron chi connectivity index (χ2n) is 3.70. The molecule has 0 saturated heterocycles. The van der Waals surface area contributed by atoms with Crippen LogP contribution in [0, 0.1) is 6.92 Å². The molecule has 88 valence electrons. The number of pyridine rings is 1. The van der Waals surface area contributed by atoms with Crippen LogP contribution < -0.4 is 5.56 Å². The molecule has 0 radical (unpaired) electrons. The van der Waals surface area contributed by atoms with Crippen molar-refractivity contribution in [3.63, 3.8) is 0 Å². The van der Waals surface area contributed by atoms with E-state index in [4.69, 9.17) is 5.11 Å². The fourth-order valence-corrected chi connectivity index (χ4v) is 1.60. The molecule has 0 aliphatic heterocycles. The SMILES string of the molecule is Cc1ccn(-c2ccn(C)n2)c(=O)c1C(=O)O. The van der Waals surface area contributed by atoms with Crippen molar-refractivity contribution in [1.82, 2.24) is 14.3 Å². The zero-order valence-electron chi connectivity index (χ0n) is 9.41. The van der Waals surface area contributed by atoms with Gasteiger partial charge in [-0.2, -0.15) is 5.10 Å². The second kappa shape index (κ2) is 3.89. The van der Waals surface area contributed by atoms with Gasteiger partial charge >= 0.3 is 5.97 Å². The Morgan fingerprint density at radius 1 is 1.35 bits per heavy atom. The van der Waals surface area contributed by atoms with Crippen molar-refractivity contribution in [3.05, 3.63) is 46.0 Å². The first-order chi connectivity index (χ1) is 8.00. The summed E-state index contributed by atoms with van der Waals surface area (Å²) in [4.78, 5) is 23.0. The van der Waals surface area contributed by atoms with E-state index in [1.54, 1.807) is 37.0 Å². The summed E-state index contributed by atoms with van der Waals surface area (Å²) in [5.74, 6) is -0.821. The van der Waals surface area contributed by atoms with E-state index in [1.165, 1.54) is 10.8 Å². The van der Waals surface area contributed by atoms with Crippen LogP contribution in [-0.2, 0) is 7.05 Å². The molecule has 0 amide bonds. The molecule has 6 nitrogen and oxygen atoms in total. The lowest BCUT2D eigenvalue weighted by Gasteiger charge is -2.05. The van der Waals surface area contributed by atoms with Crippen molar-refractivity contribution >= 4 is 5.97 Å². The molecule has 0 spiro atoms. The zero-order chi connectivity index (χ0) is 12.6. The molecule has 1 N–H and O–H groups in total. The fraction of sp³-hybridized carbons (Fsp3) is 0.182. The average Bonchev–Trinajstić information content (AvgIpc) is 2.64. The third-order valence-corrected chi connectivity index (χ3v) is 2.46. The summed E-state index contributed by atoms with van der Waals surface area (Å²) in [6, 6.07) is 3.22. The molecule has 0 aromatic carbocycles. The van der Waals surface area contributed by atoms with Gasteiger partial charge in [-0.1, -0.05) is 0 Å². The van der Waals surface area contributed by atoms with E-state index < -0.39 is 11.5 Å². The van der Waals surface area contributed by atoms with Crippen LogP contribution in [0.15, 0.2) is 29.3 Å². The average molecular weight is 233 g/mol. The molecule has 0 aliphatic rings. The third kappa shape index (κ3) is 1.84. The van der Waals surface area contributed by atoms with E-state index in [1.807, 2.05) is 0 Å². The number of aromatic carboxylic acids is 1. The van der Waals surface area contributed by atoms with Crippen LogP contribution in [0.25, 0.3) is 5.82 Å². The van der Waals surface area contributed by atoms with E-state index >= 15 is 0 Å². The number of hydrogen-bond donors (Lipinski definition) is 1. The first-order valence-electron chi connectivity index (χ1n) is 4.96. The summed E-state index contributed by atoms with van der Waals surface area (Å²) in [6.45, 7) is 1.59. The van der Waals surface area contributed by atoms with Crippen LogP contribution in [0.2, 0.25) is 0 Å². The zero-order valence-corrected chi connectivity index (χ0v) is 9.41. The molecule has 0 fully saturated rings. The number of rotatable bonds is 2. The monoisotopic (exact) mass is 233 g/mol. The van der Waals surface area contributed by atoms with Gasteiger partial charge in [0.2, 0.25) is 0 Å². The van der Waals surface area contributed by atoms with Crippen LogP contribution >= 0.6 is 0 Å². The molecule has 2 aromatic heterocycles. The number of carboxylic acids is 1. The highest BCUT2D eigenvalue weighted by atomic mass is 16.4. The summed E-state index contributed by atoms with van der Waals surface area (Å²) in [5, 5.41) is 13.0. The van der Waals surface area contributed by atoms with Crippen molar-refractivity contribution in [2.45, 2.75) is 6.92 Å². The van der Waals surface area contributed by atoms with E-state index in [-0.39, 0.29) is 5.56 Å². The molecule has 2 heterocycles. The minimum atomic E-state index is -1.22. The Labute approximate surface area is 96.7 Å². The number of aromatic nitrogens is 3. The van der Waals surface area contributed by atoms with Gasteiger partial charge in [0.25, 0.3) is 5.56 Å². The lowest BCUT2D eigenvalue weighted by Crippen LogP contribution is -2.26. The van der Waals surface area contributed by atoms with Crippen molar-refractivity contribution in [1.29, 1.82) is 0 Å². The molecular formula is C11H11N3O3. The predicted octanol–water partition coefficient (Wildman–Crippen LogP) is 0.578. The van der Waals surface area contributed by atoms with E-state index in [0.717, 1.165) is 0 Å². The summed E-state index contributed by atoms with van der Waals surface area (Å²) >= 11 is 0. The van der Waals surface area contributed by atoms with Crippen LogP contribution in [0.1, 0.15) is 15.9 Å². The van der Waals surface area contributed by atoms with Crippen LogP contribution in [0.3, 0.4) is 0 Å².